The second-order valence-corrected chi connectivity index (χ2v) is 8.86. The first-order valence-corrected chi connectivity index (χ1v) is 9.84. The topological polar surface area (TPSA) is 49.9 Å². The molecular weight excluding hydrogens is 312 g/mol. The summed E-state index contributed by atoms with van der Waals surface area (Å²) in [6.45, 7) is 10.3. The maximum absolute atomic E-state index is 11.4. The zero-order chi connectivity index (χ0) is 17.1. The van der Waals surface area contributed by atoms with Crippen LogP contribution in [-0.2, 0) is 20.8 Å². The fourth-order valence-corrected chi connectivity index (χ4v) is 3.29. The minimum atomic E-state index is -3.42. The van der Waals surface area contributed by atoms with Crippen LogP contribution in [0.2, 0.25) is 0 Å². The van der Waals surface area contributed by atoms with Gasteiger partial charge in [-0.25, -0.2) is 0 Å². The van der Waals surface area contributed by atoms with Crippen LogP contribution in [0.5, 0.6) is 0 Å². The molecule has 0 spiro atoms. The Balaban J connectivity index is 2.08. The molecule has 1 aliphatic heterocycles. The lowest BCUT2D eigenvalue weighted by atomic mass is 10.0. The molecule has 1 aromatic carbocycles. The van der Waals surface area contributed by atoms with Crippen molar-refractivity contribution < 1.29 is 12.6 Å². The van der Waals surface area contributed by atoms with Gasteiger partial charge >= 0.3 is 0 Å². The molecule has 0 saturated carbocycles. The summed E-state index contributed by atoms with van der Waals surface area (Å²) in [6, 6.07) is 10.3. The van der Waals surface area contributed by atoms with Crippen LogP contribution < -0.4 is 0 Å². The van der Waals surface area contributed by atoms with Gasteiger partial charge < -0.3 is 0 Å². The smallest absolute Gasteiger partial charge is 0.264 e. The highest BCUT2D eigenvalue weighted by atomic mass is 32.2. The van der Waals surface area contributed by atoms with Crippen molar-refractivity contribution in [3.05, 3.63) is 35.9 Å². The summed E-state index contributed by atoms with van der Waals surface area (Å²) < 4.78 is 27.8. The van der Waals surface area contributed by atoms with Crippen LogP contribution in [-0.4, -0.2) is 62.3 Å². The third-order valence-corrected chi connectivity index (χ3v) is 4.82. The van der Waals surface area contributed by atoms with Crippen LogP contribution in [0, 0.1) is 0 Å². The van der Waals surface area contributed by atoms with Crippen LogP contribution >= 0.6 is 0 Å². The molecule has 1 aliphatic rings. The third-order valence-electron chi connectivity index (χ3n) is 4.26. The van der Waals surface area contributed by atoms with Gasteiger partial charge in [-0.1, -0.05) is 30.3 Å². The van der Waals surface area contributed by atoms with Gasteiger partial charge in [0.05, 0.1) is 12.9 Å². The minimum absolute atomic E-state index is 0.0675. The molecule has 23 heavy (non-hydrogen) atoms. The van der Waals surface area contributed by atoms with Crippen molar-refractivity contribution in [2.75, 3.05) is 32.5 Å². The lowest BCUT2D eigenvalue weighted by molar-refractivity contribution is 0.00191. The molecule has 130 valence electrons. The highest BCUT2D eigenvalue weighted by Gasteiger charge is 2.33. The Morgan fingerprint density at radius 2 is 1.83 bits per heavy atom. The van der Waals surface area contributed by atoms with Crippen molar-refractivity contribution in [3.63, 3.8) is 0 Å². The van der Waals surface area contributed by atoms with E-state index in [0.717, 1.165) is 32.4 Å². The van der Waals surface area contributed by atoms with Gasteiger partial charge in [0, 0.05) is 37.8 Å². The molecule has 0 aliphatic carbocycles. The van der Waals surface area contributed by atoms with Crippen LogP contribution in [0.25, 0.3) is 0 Å². The molecule has 0 amide bonds. The van der Waals surface area contributed by atoms with Gasteiger partial charge in [0.2, 0.25) is 0 Å². The highest BCUT2D eigenvalue weighted by Crippen LogP contribution is 2.21. The summed E-state index contributed by atoms with van der Waals surface area (Å²) in [6.07, 6.45) is 1.11. The molecule has 1 atom stereocenters. The normalized spacial score (nSPS) is 21.5. The van der Waals surface area contributed by atoms with E-state index in [1.165, 1.54) is 5.56 Å². The van der Waals surface area contributed by atoms with Crippen LogP contribution in [0.1, 0.15) is 26.3 Å². The molecule has 0 unspecified atom stereocenters. The van der Waals surface area contributed by atoms with Gasteiger partial charge in [-0.2, -0.15) is 8.42 Å². The Bertz CT molecular complexity index is 596. The van der Waals surface area contributed by atoms with E-state index in [4.69, 9.17) is 4.18 Å². The second-order valence-electron chi connectivity index (χ2n) is 7.22. The fourth-order valence-electron chi connectivity index (χ4n) is 2.89. The number of hydrogen-bond donors (Lipinski definition) is 0. The summed E-state index contributed by atoms with van der Waals surface area (Å²) >= 11 is 0. The first-order chi connectivity index (χ1) is 10.6. The predicted octanol–water partition coefficient (Wildman–Crippen LogP) is 1.95. The van der Waals surface area contributed by atoms with Crippen molar-refractivity contribution in [1.29, 1.82) is 0 Å². The molecule has 1 heterocycles. The third kappa shape index (κ3) is 5.88. The molecule has 0 radical (unpaired) electrons. The van der Waals surface area contributed by atoms with Crippen LogP contribution in [0.3, 0.4) is 0 Å². The van der Waals surface area contributed by atoms with Crippen LogP contribution in [0.4, 0.5) is 0 Å². The lowest BCUT2D eigenvalue weighted by Gasteiger charge is -2.46. The summed E-state index contributed by atoms with van der Waals surface area (Å²) in [5.74, 6) is 0. The first-order valence-electron chi connectivity index (χ1n) is 8.02. The maximum atomic E-state index is 11.4. The van der Waals surface area contributed by atoms with Gasteiger partial charge in [-0.3, -0.25) is 14.0 Å². The monoisotopic (exact) mass is 340 g/mol. The first kappa shape index (κ1) is 18.4. The number of nitrogens with zero attached hydrogens (tertiary/aromatic N) is 2. The summed E-state index contributed by atoms with van der Waals surface area (Å²) in [5, 5.41) is 0. The predicted molar refractivity (Wildman–Crippen MR) is 92.8 cm³/mol. The molecule has 2 rings (SSSR count). The largest absolute Gasteiger partial charge is 0.296 e. The average Bonchev–Trinajstić information content (AvgIpc) is 2.45. The Kier molecular flexibility index (Phi) is 5.84. The summed E-state index contributed by atoms with van der Waals surface area (Å²) in [4.78, 5) is 4.72. The number of benzene rings is 1. The molecular formula is C17H28N2O3S. The Labute approximate surface area is 140 Å². The summed E-state index contributed by atoms with van der Waals surface area (Å²) in [7, 11) is -3.42. The molecule has 0 aromatic heterocycles. The Morgan fingerprint density at radius 1 is 1.17 bits per heavy atom. The maximum Gasteiger partial charge on any atom is 0.264 e. The second kappa shape index (κ2) is 7.30. The van der Waals surface area contributed by atoms with Gasteiger partial charge in [-0.05, 0) is 26.3 Å². The van der Waals surface area contributed by atoms with E-state index in [-0.39, 0.29) is 18.2 Å². The minimum Gasteiger partial charge on any atom is -0.296 e. The molecule has 0 N–H and O–H groups in total. The SMILES string of the molecule is CC(C)(C)N1CCN(Cc2ccccc2)[C@@H](COS(C)(=O)=O)C1. The zero-order valence-corrected chi connectivity index (χ0v) is 15.3. The van der Waals surface area contributed by atoms with Crippen molar-refractivity contribution in [2.45, 2.75) is 38.9 Å². The molecule has 1 fully saturated rings. The van der Waals surface area contributed by atoms with E-state index in [2.05, 4.69) is 42.7 Å². The zero-order valence-electron chi connectivity index (χ0n) is 14.5. The van der Waals surface area contributed by atoms with E-state index in [0.29, 0.717) is 0 Å². The number of rotatable bonds is 5. The summed E-state index contributed by atoms with van der Waals surface area (Å²) in [5.41, 5.74) is 1.31. The van der Waals surface area contributed by atoms with Gasteiger partial charge in [0.15, 0.2) is 0 Å². The molecule has 0 bridgehead atoms. The average molecular weight is 340 g/mol. The van der Waals surface area contributed by atoms with Crippen LogP contribution in [0.15, 0.2) is 30.3 Å². The molecule has 1 aromatic rings. The van der Waals surface area contributed by atoms with Gasteiger partial charge in [-0.15, -0.1) is 0 Å². The van der Waals surface area contributed by atoms with Crippen molar-refractivity contribution >= 4 is 10.1 Å². The molecule has 6 heteroatoms. The highest BCUT2D eigenvalue weighted by molar-refractivity contribution is 7.85. The Hall–Kier alpha value is -0.950. The van der Waals surface area contributed by atoms with E-state index in [1.54, 1.807) is 0 Å². The number of hydrogen-bond acceptors (Lipinski definition) is 5. The van der Waals surface area contributed by atoms with Crippen molar-refractivity contribution in [1.82, 2.24) is 9.80 Å². The van der Waals surface area contributed by atoms with E-state index >= 15 is 0 Å². The lowest BCUT2D eigenvalue weighted by Crippen LogP contribution is -2.59. The van der Waals surface area contributed by atoms with E-state index < -0.39 is 10.1 Å². The quantitative estimate of drug-likeness (QED) is 0.767. The van der Waals surface area contributed by atoms with Crippen molar-refractivity contribution in [3.8, 4) is 0 Å². The number of piperazine rings is 1. The fraction of sp³-hybridized carbons (Fsp3) is 0.647. The van der Waals surface area contributed by atoms with Gasteiger partial charge in [0.25, 0.3) is 10.1 Å². The van der Waals surface area contributed by atoms with Crippen molar-refractivity contribution in [2.24, 2.45) is 0 Å². The molecule has 1 saturated heterocycles. The van der Waals surface area contributed by atoms with E-state index in [1.807, 2.05) is 18.2 Å². The van der Waals surface area contributed by atoms with E-state index in [9.17, 15) is 8.42 Å². The standard InChI is InChI=1S/C17H28N2O3S/c1-17(2,3)19-11-10-18(12-15-8-6-5-7-9-15)16(13-19)14-22-23(4,20)21/h5-9,16H,10-14H2,1-4H3/t16-/m1/s1. The Morgan fingerprint density at radius 3 is 2.39 bits per heavy atom. The van der Waals surface area contributed by atoms with Gasteiger partial charge in [0.1, 0.15) is 0 Å². The molecule has 5 nitrogen and oxygen atoms in total.